The Morgan fingerprint density at radius 1 is 1.11 bits per heavy atom. The van der Waals surface area contributed by atoms with Gasteiger partial charge in [0.05, 0.1) is 6.10 Å². The van der Waals surface area contributed by atoms with Crippen LogP contribution in [-0.4, -0.2) is 18.7 Å². The lowest BCUT2D eigenvalue weighted by Gasteiger charge is -2.15. The zero-order valence-electron chi connectivity index (χ0n) is 12.2. The number of benzene rings is 1. The summed E-state index contributed by atoms with van der Waals surface area (Å²) in [5, 5.41) is 3.43. The second kappa shape index (κ2) is 8.15. The highest BCUT2D eigenvalue weighted by atomic mass is 16.5. The standard InChI is InChI=1S/C16H27NO/c1-5-7-14(4)18-16-10-8-15(9-11-16)12-13(3)17-6-2/h8-11,13-14,17H,5-7,12H2,1-4H3. The molecule has 0 amide bonds. The molecule has 2 atom stereocenters. The molecule has 0 aliphatic heterocycles. The summed E-state index contributed by atoms with van der Waals surface area (Å²) in [5.74, 6) is 0.982. The Hall–Kier alpha value is -1.02. The Morgan fingerprint density at radius 3 is 2.33 bits per heavy atom. The number of nitrogens with one attached hydrogen (secondary N) is 1. The summed E-state index contributed by atoms with van der Waals surface area (Å²) in [4.78, 5) is 0. The molecule has 0 radical (unpaired) electrons. The maximum Gasteiger partial charge on any atom is 0.119 e. The Morgan fingerprint density at radius 2 is 1.78 bits per heavy atom. The van der Waals surface area contributed by atoms with Gasteiger partial charge in [-0.15, -0.1) is 0 Å². The molecule has 1 N–H and O–H groups in total. The fraction of sp³-hybridized carbons (Fsp3) is 0.625. The average Bonchev–Trinajstić information content (AvgIpc) is 2.32. The summed E-state index contributed by atoms with van der Waals surface area (Å²) >= 11 is 0. The third kappa shape index (κ3) is 5.54. The summed E-state index contributed by atoms with van der Waals surface area (Å²) in [5.41, 5.74) is 1.36. The first-order valence-electron chi connectivity index (χ1n) is 7.14. The van der Waals surface area contributed by atoms with Gasteiger partial charge in [0, 0.05) is 6.04 Å². The quantitative estimate of drug-likeness (QED) is 0.756. The van der Waals surface area contributed by atoms with Crippen LogP contribution in [-0.2, 0) is 6.42 Å². The normalized spacial score (nSPS) is 14.2. The van der Waals surface area contributed by atoms with Crippen molar-refractivity contribution in [2.45, 2.75) is 59.1 Å². The molecule has 0 heterocycles. The lowest BCUT2D eigenvalue weighted by atomic mass is 10.1. The van der Waals surface area contributed by atoms with Crippen LogP contribution in [0.3, 0.4) is 0 Å². The molecule has 0 spiro atoms. The molecule has 1 aromatic carbocycles. The summed E-state index contributed by atoms with van der Waals surface area (Å²) in [6, 6.07) is 9.03. The second-order valence-electron chi connectivity index (χ2n) is 5.02. The minimum atomic E-state index is 0.307. The van der Waals surface area contributed by atoms with E-state index in [9.17, 15) is 0 Å². The highest BCUT2D eigenvalue weighted by Gasteiger charge is 2.04. The van der Waals surface area contributed by atoms with Crippen molar-refractivity contribution in [1.82, 2.24) is 5.32 Å². The SMILES string of the molecule is CCCC(C)Oc1ccc(CC(C)NCC)cc1. The average molecular weight is 249 g/mol. The predicted octanol–water partition coefficient (Wildman–Crippen LogP) is 3.79. The van der Waals surface area contributed by atoms with Crippen LogP contribution in [0.1, 0.15) is 46.1 Å². The first-order valence-corrected chi connectivity index (χ1v) is 7.14. The van der Waals surface area contributed by atoms with Crippen LogP contribution in [0.2, 0.25) is 0 Å². The van der Waals surface area contributed by atoms with Gasteiger partial charge >= 0.3 is 0 Å². The van der Waals surface area contributed by atoms with Crippen LogP contribution >= 0.6 is 0 Å². The van der Waals surface area contributed by atoms with Crippen LogP contribution in [0.25, 0.3) is 0 Å². The van der Waals surface area contributed by atoms with Gasteiger partial charge in [-0.3, -0.25) is 0 Å². The number of rotatable bonds is 8. The predicted molar refractivity (Wildman–Crippen MR) is 78.3 cm³/mol. The molecule has 0 saturated carbocycles. The molecule has 0 saturated heterocycles. The zero-order valence-corrected chi connectivity index (χ0v) is 12.2. The van der Waals surface area contributed by atoms with Crippen LogP contribution in [0.15, 0.2) is 24.3 Å². The molecule has 2 heteroatoms. The molecule has 1 rings (SSSR count). The van der Waals surface area contributed by atoms with Crippen LogP contribution in [0.5, 0.6) is 5.75 Å². The smallest absolute Gasteiger partial charge is 0.119 e. The molecule has 18 heavy (non-hydrogen) atoms. The number of ether oxygens (including phenoxy) is 1. The van der Waals surface area contributed by atoms with Crippen LogP contribution in [0, 0.1) is 0 Å². The van der Waals surface area contributed by atoms with Gasteiger partial charge in [-0.25, -0.2) is 0 Å². The molecule has 0 fully saturated rings. The second-order valence-corrected chi connectivity index (χ2v) is 5.02. The molecule has 1 aromatic rings. The van der Waals surface area contributed by atoms with Crippen molar-refractivity contribution in [3.8, 4) is 5.75 Å². The van der Waals surface area contributed by atoms with Gasteiger partial charge in [-0.1, -0.05) is 32.4 Å². The summed E-state index contributed by atoms with van der Waals surface area (Å²) in [6.45, 7) is 9.70. The Balaban J connectivity index is 2.46. The summed E-state index contributed by atoms with van der Waals surface area (Å²) in [7, 11) is 0. The van der Waals surface area contributed by atoms with E-state index in [1.807, 2.05) is 0 Å². The van der Waals surface area contributed by atoms with E-state index >= 15 is 0 Å². The third-order valence-electron chi connectivity index (χ3n) is 3.05. The number of hydrogen-bond acceptors (Lipinski definition) is 2. The molecular weight excluding hydrogens is 222 g/mol. The molecule has 2 nitrogen and oxygen atoms in total. The minimum Gasteiger partial charge on any atom is -0.491 e. The van der Waals surface area contributed by atoms with E-state index in [0.29, 0.717) is 12.1 Å². The first kappa shape index (κ1) is 15.0. The van der Waals surface area contributed by atoms with E-state index in [4.69, 9.17) is 4.74 Å². The highest BCUT2D eigenvalue weighted by molar-refractivity contribution is 5.27. The molecule has 0 bridgehead atoms. The van der Waals surface area contributed by atoms with Gasteiger partial charge in [-0.2, -0.15) is 0 Å². The molecule has 0 aliphatic rings. The van der Waals surface area contributed by atoms with Crippen molar-refractivity contribution in [2.24, 2.45) is 0 Å². The van der Waals surface area contributed by atoms with E-state index in [1.165, 1.54) is 12.0 Å². The molecule has 2 unspecified atom stereocenters. The van der Waals surface area contributed by atoms with Crippen molar-refractivity contribution in [1.29, 1.82) is 0 Å². The monoisotopic (exact) mass is 249 g/mol. The number of hydrogen-bond donors (Lipinski definition) is 1. The van der Waals surface area contributed by atoms with Crippen LogP contribution in [0.4, 0.5) is 0 Å². The number of likely N-dealkylation sites (N-methyl/N-ethyl adjacent to an activating group) is 1. The van der Waals surface area contributed by atoms with Crippen molar-refractivity contribution in [3.63, 3.8) is 0 Å². The minimum absolute atomic E-state index is 0.307. The molecule has 0 aliphatic carbocycles. The van der Waals surface area contributed by atoms with E-state index in [1.54, 1.807) is 0 Å². The van der Waals surface area contributed by atoms with E-state index in [2.05, 4.69) is 57.3 Å². The Kier molecular flexibility index (Phi) is 6.81. The summed E-state index contributed by atoms with van der Waals surface area (Å²) in [6.07, 6.45) is 3.65. The van der Waals surface area contributed by atoms with E-state index in [0.717, 1.165) is 25.1 Å². The molecule has 0 aromatic heterocycles. The molecule has 102 valence electrons. The van der Waals surface area contributed by atoms with Crippen LogP contribution < -0.4 is 10.1 Å². The van der Waals surface area contributed by atoms with Crippen molar-refractivity contribution >= 4 is 0 Å². The molecular formula is C16H27NO. The van der Waals surface area contributed by atoms with Gasteiger partial charge in [0.25, 0.3) is 0 Å². The highest BCUT2D eigenvalue weighted by Crippen LogP contribution is 2.16. The largest absolute Gasteiger partial charge is 0.491 e. The fourth-order valence-electron chi connectivity index (χ4n) is 2.18. The maximum atomic E-state index is 5.85. The third-order valence-corrected chi connectivity index (χ3v) is 3.05. The van der Waals surface area contributed by atoms with Gasteiger partial charge in [0.1, 0.15) is 5.75 Å². The topological polar surface area (TPSA) is 21.3 Å². The van der Waals surface area contributed by atoms with E-state index < -0.39 is 0 Å². The van der Waals surface area contributed by atoms with Gasteiger partial charge in [-0.05, 0) is 50.9 Å². The van der Waals surface area contributed by atoms with E-state index in [-0.39, 0.29) is 0 Å². The van der Waals surface area contributed by atoms with Gasteiger partial charge < -0.3 is 10.1 Å². The maximum absolute atomic E-state index is 5.85. The lowest BCUT2D eigenvalue weighted by Crippen LogP contribution is -2.27. The van der Waals surface area contributed by atoms with Crippen molar-refractivity contribution in [2.75, 3.05) is 6.54 Å². The zero-order chi connectivity index (χ0) is 13.4. The van der Waals surface area contributed by atoms with Gasteiger partial charge in [0.15, 0.2) is 0 Å². The fourth-order valence-corrected chi connectivity index (χ4v) is 2.18. The Bertz CT molecular complexity index is 287. The first-order chi connectivity index (χ1) is 8.65. The van der Waals surface area contributed by atoms with Crippen molar-refractivity contribution in [3.05, 3.63) is 29.8 Å². The van der Waals surface area contributed by atoms with Gasteiger partial charge in [0.2, 0.25) is 0 Å². The Labute approximate surface area is 112 Å². The van der Waals surface area contributed by atoms with Crippen molar-refractivity contribution < 1.29 is 4.74 Å². The lowest BCUT2D eigenvalue weighted by molar-refractivity contribution is 0.210. The summed E-state index contributed by atoms with van der Waals surface area (Å²) < 4.78 is 5.85.